The minimum absolute atomic E-state index is 0.454. The number of benzene rings is 1. The summed E-state index contributed by atoms with van der Waals surface area (Å²) in [6, 6.07) is 10.9. The van der Waals surface area contributed by atoms with Gasteiger partial charge in [0, 0.05) is 12.6 Å². The summed E-state index contributed by atoms with van der Waals surface area (Å²) < 4.78 is 0. The van der Waals surface area contributed by atoms with Crippen molar-refractivity contribution >= 4 is 16.5 Å². The Hall–Kier alpha value is -1.46. The number of aromatic nitrogens is 2. The smallest absolute Gasteiger partial charge is 0.203 e. The van der Waals surface area contributed by atoms with Crippen LogP contribution < -0.4 is 5.73 Å². The van der Waals surface area contributed by atoms with Crippen molar-refractivity contribution in [3.63, 3.8) is 0 Å². The van der Waals surface area contributed by atoms with Crippen LogP contribution in [0.3, 0.4) is 0 Å². The monoisotopic (exact) mass is 262 g/mol. The van der Waals surface area contributed by atoms with Gasteiger partial charge in [-0.3, -0.25) is 4.90 Å². The third-order valence-electron chi connectivity index (χ3n) is 2.78. The average molecular weight is 262 g/mol. The van der Waals surface area contributed by atoms with E-state index >= 15 is 0 Å². The van der Waals surface area contributed by atoms with Crippen molar-refractivity contribution in [2.45, 2.75) is 33.0 Å². The van der Waals surface area contributed by atoms with Gasteiger partial charge in [-0.25, -0.2) is 0 Å². The molecule has 0 spiro atoms. The molecule has 1 heterocycles. The molecule has 0 aliphatic carbocycles. The van der Waals surface area contributed by atoms with Crippen LogP contribution in [0.5, 0.6) is 0 Å². The molecule has 1 aromatic heterocycles. The highest BCUT2D eigenvalue weighted by molar-refractivity contribution is 7.15. The van der Waals surface area contributed by atoms with Gasteiger partial charge in [-0.2, -0.15) is 0 Å². The van der Waals surface area contributed by atoms with E-state index in [1.165, 1.54) is 16.9 Å². The van der Waals surface area contributed by atoms with Gasteiger partial charge >= 0.3 is 0 Å². The van der Waals surface area contributed by atoms with Crippen LogP contribution >= 0.6 is 11.3 Å². The fraction of sp³-hybridized carbons (Fsp3) is 0.385. The molecule has 0 bridgehead atoms. The molecule has 5 heteroatoms. The van der Waals surface area contributed by atoms with Crippen LogP contribution in [0.4, 0.5) is 5.13 Å². The minimum atomic E-state index is 0.454. The largest absolute Gasteiger partial charge is 0.374 e. The van der Waals surface area contributed by atoms with E-state index in [0.29, 0.717) is 11.2 Å². The highest BCUT2D eigenvalue weighted by Gasteiger charge is 2.13. The molecule has 0 aliphatic rings. The lowest BCUT2D eigenvalue weighted by Gasteiger charge is -2.25. The van der Waals surface area contributed by atoms with Crippen LogP contribution in [-0.4, -0.2) is 21.1 Å². The Kier molecular flexibility index (Phi) is 4.28. The third kappa shape index (κ3) is 3.51. The highest BCUT2D eigenvalue weighted by Crippen LogP contribution is 2.17. The first-order valence-electron chi connectivity index (χ1n) is 6.01. The molecule has 0 saturated carbocycles. The van der Waals surface area contributed by atoms with Crippen LogP contribution in [0.25, 0.3) is 0 Å². The van der Waals surface area contributed by atoms with Gasteiger partial charge in [0.1, 0.15) is 5.01 Å². The Morgan fingerprint density at radius 1 is 1.17 bits per heavy atom. The van der Waals surface area contributed by atoms with Crippen molar-refractivity contribution in [3.05, 3.63) is 40.9 Å². The first-order valence-corrected chi connectivity index (χ1v) is 6.82. The standard InChI is InChI=1S/C13H18N4S/c1-10(2)17(8-11-6-4-3-5-7-11)9-12-15-16-13(14)18-12/h3-7,10H,8-9H2,1-2H3,(H2,14,16). The zero-order chi connectivity index (χ0) is 13.0. The van der Waals surface area contributed by atoms with Gasteiger partial charge in [0.25, 0.3) is 0 Å². The zero-order valence-electron chi connectivity index (χ0n) is 10.7. The maximum Gasteiger partial charge on any atom is 0.203 e. The normalized spacial score (nSPS) is 11.3. The van der Waals surface area contributed by atoms with E-state index in [-0.39, 0.29) is 0 Å². The Bertz CT molecular complexity index is 481. The number of hydrogen-bond donors (Lipinski definition) is 1. The molecule has 2 rings (SSSR count). The fourth-order valence-corrected chi connectivity index (χ4v) is 2.38. The van der Waals surface area contributed by atoms with E-state index < -0.39 is 0 Å². The van der Waals surface area contributed by atoms with Gasteiger partial charge < -0.3 is 5.73 Å². The van der Waals surface area contributed by atoms with Crippen LogP contribution in [0, 0.1) is 0 Å². The first kappa shape index (κ1) is 13.0. The lowest BCUT2D eigenvalue weighted by molar-refractivity contribution is 0.203. The molecule has 0 amide bonds. The third-order valence-corrected chi connectivity index (χ3v) is 3.52. The lowest BCUT2D eigenvalue weighted by Crippen LogP contribution is -2.29. The highest BCUT2D eigenvalue weighted by atomic mass is 32.1. The van der Waals surface area contributed by atoms with Gasteiger partial charge in [-0.15, -0.1) is 10.2 Å². The summed E-state index contributed by atoms with van der Waals surface area (Å²) in [6.45, 7) is 6.08. The summed E-state index contributed by atoms with van der Waals surface area (Å²) in [5, 5.41) is 9.44. The van der Waals surface area contributed by atoms with Crippen LogP contribution in [0.2, 0.25) is 0 Å². The van der Waals surface area contributed by atoms with Gasteiger partial charge in [0.15, 0.2) is 0 Å². The number of nitrogen functional groups attached to an aromatic ring is 1. The molecule has 0 fully saturated rings. The van der Waals surface area contributed by atoms with E-state index in [2.05, 4.69) is 53.2 Å². The van der Waals surface area contributed by atoms with Crippen molar-refractivity contribution in [2.75, 3.05) is 5.73 Å². The maximum absolute atomic E-state index is 5.61. The number of nitrogens with two attached hydrogens (primary N) is 1. The summed E-state index contributed by atoms with van der Waals surface area (Å²) in [6.07, 6.45) is 0. The summed E-state index contributed by atoms with van der Waals surface area (Å²) in [5.41, 5.74) is 6.92. The van der Waals surface area contributed by atoms with Gasteiger partial charge in [-0.05, 0) is 19.4 Å². The predicted molar refractivity (Wildman–Crippen MR) is 75.1 cm³/mol. The van der Waals surface area contributed by atoms with Crippen LogP contribution in [0.15, 0.2) is 30.3 Å². The summed E-state index contributed by atoms with van der Waals surface area (Å²) in [5.74, 6) is 0. The number of hydrogen-bond acceptors (Lipinski definition) is 5. The predicted octanol–water partition coefficient (Wildman–Crippen LogP) is 2.53. The lowest BCUT2D eigenvalue weighted by atomic mass is 10.2. The first-order chi connectivity index (χ1) is 8.65. The molecule has 96 valence electrons. The second-order valence-electron chi connectivity index (χ2n) is 4.52. The van der Waals surface area contributed by atoms with E-state index in [4.69, 9.17) is 5.73 Å². The molecular formula is C13H18N4S. The number of nitrogens with zero attached hydrogens (tertiary/aromatic N) is 3. The second kappa shape index (κ2) is 5.93. The number of anilines is 1. The summed E-state index contributed by atoms with van der Waals surface area (Å²) >= 11 is 1.46. The van der Waals surface area contributed by atoms with E-state index in [9.17, 15) is 0 Å². The maximum atomic E-state index is 5.61. The molecule has 4 nitrogen and oxygen atoms in total. The molecule has 18 heavy (non-hydrogen) atoms. The average Bonchev–Trinajstić information content (AvgIpc) is 2.75. The molecule has 0 atom stereocenters. The van der Waals surface area contributed by atoms with Crippen LogP contribution in [0.1, 0.15) is 24.4 Å². The van der Waals surface area contributed by atoms with Crippen molar-refractivity contribution in [3.8, 4) is 0 Å². The Morgan fingerprint density at radius 3 is 2.44 bits per heavy atom. The zero-order valence-corrected chi connectivity index (χ0v) is 11.5. The summed E-state index contributed by atoms with van der Waals surface area (Å²) in [4.78, 5) is 2.36. The van der Waals surface area contributed by atoms with Gasteiger partial charge in [-0.1, -0.05) is 41.7 Å². The van der Waals surface area contributed by atoms with Gasteiger partial charge in [0.2, 0.25) is 5.13 Å². The quantitative estimate of drug-likeness (QED) is 0.899. The fourth-order valence-electron chi connectivity index (χ4n) is 1.74. The van der Waals surface area contributed by atoms with Crippen molar-refractivity contribution in [2.24, 2.45) is 0 Å². The van der Waals surface area contributed by atoms with Gasteiger partial charge in [0.05, 0.1) is 6.54 Å². The molecule has 0 aliphatic heterocycles. The van der Waals surface area contributed by atoms with E-state index in [1.807, 2.05) is 6.07 Å². The topological polar surface area (TPSA) is 55.0 Å². The molecule has 2 N–H and O–H groups in total. The van der Waals surface area contributed by atoms with E-state index in [1.54, 1.807) is 0 Å². The minimum Gasteiger partial charge on any atom is -0.374 e. The Morgan fingerprint density at radius 2 is 1.89 bits per heavy atom. The summed E-state index contributed by atoms with van der Waals surface area (Å²) in [7, 11) is 0. The van der Waals surface area contributed by atoms with Crippen molar-refractivity contribution in [1.82, 2.24) is 15.1 Å². The molecule has 2 aromatic rings. The van der Waals surface area contributed by atoms with Crippen molar-refractivity contribution in [1.29, 1.82) is 0 Å². The molecular weight excluding hydrogens is 244 g/mol. The second-order valence-corrected chi connectivity index (χ2v) is 5.61. The molecule has 0 unspecified atom stereocenters. The Labute approximate surface area is 111 Å². The SMILES string of the molecule is CC(C)N(Cc1ccccc1)Cc1nnc(N)s1. The molecule has 0 radical (unpaired) electrons. The number of rotatable bonds is 5. The Balaban J connectivity index is 2.05. The van der Waals surface area contributed by atoms with E-state index in [0.717, 1.165) is 18.1 Å². The molecule has 0 saturated heterocycles. The van der Waals surface area contributed by atoms with Crippen molar-refractivity contribution < 1.29 is 0 Å². The molecule has 1 aromatic carbocycles. The van der Waals surface area contributed by atoms with Crippen LogP contribution in [-0.2, 0) is 13.1 Å².